The topological polar surface area (TPSA) is 271 Å². The maximum absolute atomic E-state index is 11.4. The van der Waals surface area contributed by atoms with E-state index >= 15 is 0 Å². The second-order valence-corrected chi connectivity index (χ2v) is 33.6. The molecule has 0 amide bonds. The van der Waals surface area contributed by atoms with Crippen LogP contribution < -0.4 is 24.9 Å². The van der Waals surface area contributed by atoms with Crippen molar-refractivity contribution in [1.82, 2.24) is 49.8 Å². The van der Waals surface area contributed by atoms with Gasteiger partial charge in [0.05, 0.1) is 99.7 Å². The molecule has 0 saturated heterocycles. The van der Waals surface area contributed by atoms with Crippen molar-refractivity contribution < 1.29 is 43.2 Å². The van der Waals surface area contributed by atoms with E-state index in [9.17, 15) is 14.4 Å². The van der Waals surface area contributed by atoms with Crippen molar-refractivity contribution in [2.75, 3.05) is 77.8 Å². The predicted octanol–water partition coefficient (Wildman–Crippen LogP) is 26.6. The molecule has 1 unspecified atom stereocenters. The standard InChI is InChI=1S/C27H31N3O3.C27H29N3O3.C25H27N3O3.C16H12ClN3.C12H11N.C4H2Cl2N2/c2*1-2-33-27(31)20-32-19-21-13-15-22(16-14-21)25-17-28-18-26(29-25)30(23-9-5-3-6-10-23)24-11-7-4-8-12-24;29-25(30)18-31-17-19-11-13-20(14-12-19)23-15-26-16-24(27-23)28(21-7-3-1-4-8-21)22-9-5-2-6-10-22;17-15-11-18-12-16(19-15)20(13-7-3-1-4-8-13)14-9-5-2-6-10-14;1-3-7-11(8-4-1)13-12-9-5-2-6-10-12;5-3-1-7-2-4(6)8-3/h3-12,17-18,21-22H,2,13-16,19-20H2,1H3;3-12,15,17-18,21H,2,13-14,16,19-20H2,1H3;1-10,15-16,19-20H,11-14,17-18H2,(H,29,30);1-12H;1-10,13H;1-2H. The molecule has 1 atom stereocenters. The second-order valence-electron chi connectivity index (χ2n) is 32.5. The molecule has 0 aliphatic heterocycles. The molecule has 24 nitrogen and oxygen atoms in total. The van der Waals surface area contributed by atoms with Crippen LogP contribution in [0.1, 0.15) is 113 Å². The molecule has 2 fully saturated rings. The number of nitrogens with one attached hydrogen (secondary N) is 1. The van der Waals surface area contributed by atoms with Crippen LogP contribution >= 0.6 is 34.8 Å². The summed E-state index contributed by atoms with van der Waals surface area (Å²) < 4.78 is 26.2. The van der Waals surface area contributed by atoms with Gasteiger partial charge in [-0.2, -0.15) is 0 Å². The lowest BCUT2D eigenvalue weighted by atomic mass is 9.81. The predicted molar refractivity (Wildman–Crippen MR) is 548 cm³/mol. The lowest BCUT2D eigenvalue weighted by Crippen LogP contribution is -2.21. The van der Waals surface area contributed by atoms with Gasteiger partial charge >= 0.3 is 17.9 Å². The molecule has 5 aromatic heterocycles. The number of benzene rings is 10. The van der Waals surface area contributed by atoms with E-state index in [2.05, 4.69) is 134 Å². The molecular weight excluding hydrogens is 1790 g/mol. The van der Waals surface area contributed by atoms with E-state index in [1.54, 1.807) is 26.2 Å². The summed E-state index contributed by atoms with van der Waals surface area (Å²) in [6.07, 6.45) is 30.4. The van der Waals surface area contributed by atoms with Crippen molar-refractivity contribution in [1.29, 1.82) is 0 Å². The highest BCUT2D eigenvalue weighted by Gasteiger charge is 2.29. The number of carboxylic acid groups (broad SMARTS) is 1. The van der Waals surface area contributed by atoms with Crippen LogP contribution in [0.15, 0.2) is 371 Å². The maximum Gasteiger partial charge on any atom is 0.332 e. The lowest BCUT2D eigenvalue weighted by Gasteiger charge is -2.29. The zero-order valence-corrected chi connectivity index (χ0v) is 79.4. The van der Waals surface area contributed by atoms with E-state index in [0.717, 1.165) is 162 Å². The number of para-hydroxylation sites is 10. The number of halogens is 3. The van der Waals surface area contributed by atoms with Crippen LogP contribution in [0.5, 0.6) is 0 Å². The van der Waals surface area contributed by atoms with Crippen LogP contribution in [0.3, 0.4) is 0 Å². The fourth-order valence-corrected chi connectivity index (χ4v) is 16.5. The number of nitrogens with zero attached hydrogens (tertiary/aromatic N) is 14. The second kappa shape index (κ2) is 55.5. The molecular formula is C111H112Cl3N15O9. The number of allylic oxidation sites excluding steroid dienone is 2. The average Bonchev–Trinajstić information content (AvgIpc) is 0.809. The normalized spacial score (nSPS) is 15.1. The lowest BCUT2D eigenvalue weighted by molar-refractivity contribution is -0.149. The van der Waals surface area contributed by atoms with Gasteiger partial charge in [0.25, 0.3) is 0 Å². The Bertz CT molecular complexity index is 5920. The van der Waals surface area contributed by atoms with E-state index < -0.39 is 5.97 Å². The summed E-state index contributed by atoms with van der Waals surface area (Å²) in [5.74, 6) is 3.61. The largest absolute Gasteiger partial charge is 0.480 e. The summed E-state index contributed by atoms with van der Waals surface area (Å²) >= 11 is 16.7. The molecule has 0 spiro atoms. The number of aromatic nitrogens is 10. The Hall–Kier alpha value is -14.5. The SMILES string of the molecule is CCOC(=O)COCC1CC=C(c2cncc(N(c3ccccc3)c3ccccc3)n2)CC1.CCOC(=O)COCC1CCC(c2cncc(N(c3ccccc3)c3ccccc3)n2)CC1.Clc1cncc(Cl)n1.Clc1cncc(N(c2ccccc2)c2ccccc2)n1.O=C(O)COCC1CCC(c2cncc(N(c3ccccc3)c3ccccc3)n2)CC1.c1ccc(Nc2ccccc2)cc1. The van der Waals surface area contributed by atoms with Crippen molar-refractivity contribution >= 4 is 138 Å². The number of esters is 2. The first-order valence-corrected chi connectivity index (χ1v) is 47.4. The Labute approximate surface area is 821 Å². The van der Waals surface area contributed by atoms with Crippen LogP contribution in [-0.2, 0) is 38.1 Å². The Balaban J connectivity index is 0.000000146. The van der Waals surface area contributed by atoms with Crippen LogP contribution in [0, 0.1) is 17.8 Å². The molecule has 0 bridgehead atoms. The van der Waals surface area contributed by atoms with E-state index in [-0.39, 0.29) is 31.8 Å². The molecule has 706 valence electrons. The van der Waals surface area contributed by atoms with Gasteiger partial charge in [-0.3, -0.25) is 44.5 Å². The van der Waals surface area contributed by atoms with E-state index in [1.807, 2.05) is 266 Å². The molecule has 3 aliphatic carbocycles. The molecule has 2 saturated carbocycles. The Morgan fingerprint density at radius 1 is 0.326 bits per heavy atom. The first-order valence-electron chi connectivity index (χ1n) is 46.3. The molecule has 2 N–H and O–H groups in total. The smallest absolute Gasteiger partial charge is 0.332 e. The van der Waals surface area contributed by atoms with Crippen LogP contribution in [0.4, 0.5) is 80.1 Å². The van der Waals surface area contributed by atoms with E-state index in [0.29, 0.717) is 83.9 Å². The molecule has 15 aromatic rings. The first-order chi connectivity index (χ1) is 67.8. The fourth-order valence-electron chi connectivity index (χ4n) is 16.1. The van der Waals surface area contributed by atoms with Gasteiger partial charge in [-0.25, -0.2) is 39.3 Å². The van der Waals surface area contributed by atoms with Crippen molar-refractivity contribution in [3.63, 3.8) is 0 Å². The Morgan fingerprint density at radius 2 is 0.609 bits per heavy atom. The van der Waals surface area contributed by atoms with Gasteiger partial charge in [0, 0.05) is 81.1 Å². The molecule has 3 aliphatic rings. The van der Waals surface area contributed by atoms with Crippen LogP contribution in [0.2, 0.25) is 15.5 Å². The molecule has 138 heavy (non-hydrogen) atoms. The first kappa shape index (κ1) is 101. The number of anilines is 14. The molecule has 27 heteroatoms. The van der Waals surface area contributed by atoms with Gasteiger partial charge in [-0.05, 0) is 229 Å². The Kier molecular flexibility index (Phi) is 40.6. The average molecular weight is 1910 g/mol. The van der Waals surface area contributed by atoms with Crippen LogP contribution in [-0.4, -0.2) is 126 Å². The summed E-state index contributed by atoms with van der Waals surface area (Å²) in [5.41, 5.74) is 14.7. The highest BCUT2D eigenvalue weighted by atomic mass is 35.5. The number of carbonyl (C=O) groups excluding carboxylic acids is 2. The van der Waals surface area contributed by atoms with Gasteiger partial charge in [-0.1, -0.05) is 223 Å². The van der Waals surface area contributed by atoms with Crippen molar-refractivity contribution in [2.24, 2.45) is 17.8 Å². The molecule has 5 heterocycles. The number of ether oxygens (including phenoxy) is 5. The molecule has 0 radical (unpaired) electrons. The minimum absolute atomic E-state index is 0.0171. The van der Waals surface area contributed by atoms with Crippen molar-refractivity contribution in [3.05, 3.63) is 404 Å². The summed E-state index contributed by atoms with van der Waals surface area (Å²) in [7, 11) is 0. The van der Waals surface area contributed by atoms with Gasteiger partial charge in [0.2, 0.25) is 0 Å². The third-order valence-corrected chi connectivity index (χ3v) is 23.2. The summed E-state index contributed by atoms with van der Waals surface area (Å²) in [6.45, 7) is 5.88. The van der Waals surface area contributed by atoms with Gasteiger partial charge < -0.3 is 34.1 Å². The summed E-state index contributed by atoms with van der Waals surface area (Å²) in [4.78, 5) is 86.3. The quantitative estimate of drug-likeness (QED) is 0.0382. The number of hydrogen-bond donors (Lipinski definition) is 2. The van der Waals surface area contributed by atoms with Gasteiger partial charge in [0.15, 0.2) is 23.3 Å². The highest BCUT2D eigenvalue weighted by Crippen LogP contribution is 2.42. The summed E-state index contributed by atoms with van der Waals surface area (Å²) in [5, 5.41) is 13.0. The van der Waals surface area contributed by atoms with Crippen molar-refractivity contribution in [3.8, 4) is 0 Å². The van der Waals surface area contributed by atoms with E-state index in [4.69, 9.17) is 78.5 Å². The zero-order chi connectivity index (χ0) is 95.9. The van der Waals surface area contributed by atoms with Crippen molar-refractivity contribution in [2.45, 2.75) is 96.3 Å². The van der Waals surface area contributed by atoms with E-state index in [1.165, 1.54) is 24.2 Å². The highest BCUT2D eigenvalue weighted by molar-refractivity contribution is 6.32. The number of aliphatic carboxylic acids is 1. The number of carbonyl (C=O) groups is 3. The number of hydrogen-bond acceptors (Lipinski definition) is 23. The third kappa shape index (κ3) is 32.4. The number of rotatable bonds is 31. The molecule has 18 rings (SSSR count). The fraction of sp³-hybridized carbons (Fsp3) is 0.234. The maximum atomic E-state index is 11.4. The van der Waals surface area contributed by atoms with Gasteiger partial charge in [0.1, 0.15) is 35.3 Å². The zero-order valence-electron chi connectivity index (χ0n) is 77.1. The monoisotopic (exact) mass is 1900 g/mol. The molecule has 10 aromatic carbocycles. The summed E-state index contributed by atoms with van der Waals surface area (Å²) in [6, 6.07) is 102. The minimum atomic E-state index is -0.915. The Morgan fingerprint density at radius 3 is 0.906 bits per heavy atom. The van der Waals surface area contributed by atoms with Gasteiger partial charge in [-0.15, -0.1) is 0 Å². The number of carboxylic acids is 1. The van der Waals surface area contributed by atoms with Crippen LogP contribution in [0.25, 0.3) is 5.57 Å². The minimum Gasteiger partial charge on any atom is -0.480 e. The third-order valence-electron chi connectivity index (χ3n) is 22.7.